The van der Waals surface area contributed by atoms with Gasteiger partial charge in [0, 0.05) is 11.2 Å². The van der Waals surface area contributed by atoms with Crippen molar-refractivity contribution in [1.82, 2.24) is 4.98 Å². The van der Waals surface area contributed by atoms with Gasteiger partial charge in [0.2, 0.25) is 0 Å². The summed E-state index contributed by atoms with van der Waals surface area (Å²) in [6.45, 7) is 0. The Morgan fingerprint density at radius 2 is 2.17 bits per heavy atom. The van der Waals surface area contributed by atoms with E-state index in [1.54, 1.807) is 12.2 Å². The molecule has 1 aromatic heterocycles. The van der Waals surface area contributed by atoms with E-state index in [-0.39, 0.29) is 5.76 Å². The highest BCUT2D eigenvalue weighted by Gasteiger charge is 1.96. The van der Waals surface area contributed by atoms with E-state index >= 15 is 0 Å². The number of rotatable bonds is 4. The van der Waals surface area contributed by atoms with Crippen molar-refractivity contribution in [3.05, 3.63) is 53.9 Å². The third kappa shape index (κ3) is 2.60. The van der Waals surface area contributed by atoms with Gasteiger partial charge in [-0.15, -0.1) is 0 Å². The van der Waals surface area contributed by atoms with E-state index in [0.29, 0.717) is 0 Å². The summed E-state index contributed by atoms with van der Waals surface area (Å²) in [6.07, 6.45) is 4.71. The normalized spacial score (nSPS) is 12.2. The third-order valence-corrected chi connectivity index (χ3v) is 2.50. The molecule has 0 aliphatic heterocycles. The maximum absolute atomic E-state index is 10.6. The molecule has 0 atom stereocenters. The van der Waals surface area contributed by atoms with Crippen LogP contribution in [-0.4, -0.2) is 18.1 Å². The molecule has 1 N–H and O–H groups in total. The molecular weight excluding hydrogens is 230 g/mol. The predicted octanol–water partition coefficient (Wildman–Crippen LogP) is 1.46. The molecular formula is C14H12NO3-. The van der Waals surface area contributed by atoms with Crippen molar-refractivity contribution in [3.63, 3.8) is 0 Å². The first-order chi connectivity index (χ1) is 8.70. The van der Waals surface area contributed by atoms with Gasteiger partial charge in [-0.1, -0.05) is 24.3 Å². The van der Waals surface area contributed by atoms with E-state index in [1.165, 1.54) is 13.2 Å². The number of carbonyl (C=O) groups is 1. The average molecular weight is 242 g/mol. The Hall–Kier alpha value is -2.49. The molecule has 4 heteroatoms. The number of para-hydroxylation sites is 1. The number of fused-ring (bicyclic) bond motifs is 1. The van der Waals surface area contributed by atoms with Crippen LogP contribution in [0, 0.1) is 0 Å². The Kier molecular flexibility index (Phi) is 3.48. The fourth-order valence-corrected chi connectivity index (χ4v) is 1.64. The minimum atomic E-state index is -1.33. The topological polar surface area (TPSA) is 65.2 Å². The molecule has 0 amide bonds. The molecule has 0 radical (unpaired) electrons. The van der Waals surface area contributed by atoms with E-state index in [4.69, 9.17) is 0 Å². The first-order valence-corrected chi connectivity index (χ1v) is 5.42. The Morgan fingerprint density at radius 3 is 2.83 bits per heavy atom. The van der Waals surface area contributed by atoms with Crippen molar-refractivity contribution in [3.8, 4) is 0 Å². The van der Waals surface area contributed by atoms with E-state index < -0.39 is 5.97 Å². The van der Waals surface area contributed by atoms with Crippen LogP contribution in [0.3, 0.4) is 0 Å². The number of carboxylic acids is 1. The van der Waals surface area contributed by atoms with Crippen LogP contribution in [0.15, 0.2) is 48.2 Å². The van der Waals surface area contributed by atoms with Gasteiger partial charge in [0.05, 0.1) is 7.11 Å². The molecule has 0 fully saturated rings. The van der Waals surface area contributed by atoms with E-state index in [1.807, 2.05) is 30.3 Å². The Bertz CT molecular complexity index is 590. The molecule has 0 saturated heterocycles. The number of aromatic nitrogens is 1. The van der Waals surface area contributed by atoms with Crippen molar-refractivity contribution in [2.45, 2.75) is 0 Å². The van der Waals surface area contributed by atoms with Gasteiger partial charge < -0.3 is 19.6 Å². The summed E-state index contributed by atoms with van der Waals surface area (Å²) in [5.41, 5.74) is 1.93. The number of aliphatic carboxylic acids is 1. The second-order valence-electron chi connectivity index (χ2n) is 3.69. The Balaban J connectivity index is 2.20. The number of hydrogen-bond donors (Lipinski definition) is 1. The summed E-state index contributed by atoms with van der Waals surface area (Å²) in [7, 11) is 1.29. The summed E-state index contributed by atoms with van der Waals surface area (Å²) in [6, 6.07) is 9.87. The number of hydrogen-bond acceptors (Lipinski definition) is 3. The summed E-state index contributed by atoms with van der Waals surface area (Å²) < 4.78 is 4.65. The summed E-state index contributed by atoms with van der Waals surface area (Å²) in [4.78, 5) is 13.8. The van der Waals surface area contributed by atoms with Gasteiger partial charge in [0.1, 0.15) is 11.7 Å². The van der Waals surface area contributed by atoms with Crippen LogP contribution in [0.25, 0.3) is 17.0 Å². The molecule has 0 aliphatic carbocycles. The van der Waals surface area contributed by atoms with E-state index in [0.717, 1.165) is 16.6 Å². The minimum absolute atomic E-state index is 0.206. The van der Waals surface area contributed by atoms with Crippen LogP contribution < -0.4 is 5.11 Å². The molecule has 2 aromatic rings. The molecule has 92 valence electrons. The largest absolute Gasteiger partial charge is 0.542 e. The van der Waals surface area contributed by atoms with Crippen LogP contribution in [0.5, 0.6) is 0 Å². The van der Waals surface area contributed by atoms with Crippen molar-refractivity contribution >= 4 is 22.9 Å². The average Bonchev–Trinajstić information content (AvgIpc) is 2.76. The maximum atomic E-state index is 10.6. The van der Waals surface area contributed by atoms with Gasteiger partial charge in [-0.25, -0.2) is 0 Å². The highest BCUT2D eigenvalue weighted by Crippen LogP contribution is 2.15. The molecule has 0 saturated carbocycles. The standard InChI is InChI=1S/C14H13NO3/c1-18-13(14(16)17)8-4-6-11-9-10-5-2-3-7-12(10)15-11/h2-9,15H,1H3,(H,16,17)/p-1/b6-4+,13-8-. The number of ether oxygens (including phenoxy) is 1. The second kappa shape index (κ2) is 5.23. The smallest absolute Gasteiger partial charge is 0.141 e. The number of aromatic amines is 1. The minimum Gasteiger partial charge on any atom is -0.542 e. The van der Waals surface area contributed by atoms with Crippen LogP contribution in [0.2, 0.25) is 0 Å². The maximum Gasteiger partial charge on any atom is 0.141 e. The van der Waals surface area contributed by atoms with Crippen molar-refractivity contribution in [1.29, 1.82) is 0 Å². The second-order valence-corrected chi connectivity index (χ2v) is 3.69. The van der Waals surface area contributed by atoms with Gasteiger partial charge in [-0.05, 0) is 29.7 Å². The van der Waals surface area contributed by atoms with Crippen LogP contribution in [0.4, 0.5) is 0 Å². The molecule has 1 aromatic carbocycles. The zero-order valence-electron chi connectivity index (χ0n) is 9.84. The SMILES string of the molecule is CO/C(=C\C=C\c1cc2ccccc2[nH]1)C(=O)[O-]. The molecule has 0 bridgehead atoms. The molecule has 18 heavy (non-hydrogen) atoms. The number of carboxylic acid groups (broad SMARTS) is 1. The fourth-order valence-electron chi connectivity index (χ4n) is 1.64. The highest BCUT2D eigenvalue weighted by molar-refractivity contribution is 5.84. The lowest BCUT2D eigenvalue weighted by atomic mass is 10.2. The van der Waals surface area contributed by atoms with Crippen molar-refractivity contribution in [2.75, 3.05) is 7.11 Å². The first-order valence-electron chi connectivity index (χ1n) is 5.42. The number of nitrogens with one attached hydrogen (secondary N) is 1. The van der Waals surface area contributed by atoms with Crippen LogP contribution >= 0.6 is 0 Å². The number of benzene rings is 1. The van der Waals surface area contributed by atoms with Crippen LogP contribution in [0.1, 0.15) is 5.69 Å². The molecule has 2 rings (SSSR count). The van der Waals surface area contributed by atoms with E-state index in [9.17, 15) is 9.90 Å². The zero-order chi connectivity index (χ0) is 13.0. The summed E-state index contributed by atoms with van der Waals surface area (Å²) in [5, 5.41) is 11.7. The predicted molar refractivity (Wildman–Crippen MR) is 67.4 cm³/mol. The van der Waals surface area contributed by atoms with Crippen molar-refractivity contribution in [2.24, 2.45) is 0 Å². The van der Waals surface area contributed by atoms with E-state index in [2.05, 4.69) is 9.72 Å². The van der Waals surface area contributed by atoms with Crippen LogP contribution in [-0.2, 0) is 9.53 Å². The monoisotopic (exact) mass is 242 g/mol. The highest BCUT2D eigenvalue weighted by atomic mass is 16.5. The van der Waals surface area contributed by atoms with Gasteiger partial charge in [-0.2, -0.15) is 0 Å². The first kappa shape index (κ1) is 12.0. The van der Waals surface area contributed by atoms with Gasteiger partial charge in [0.25, 0.3) is 0 Å². The lowest BCUT2D eigenvalue weighted by Crippen LogP contribution is -2.25. The number of methoxy groups -OCH3 is 1. The number of H-pyrrole nitrogens is 1. The molecule has 0 spiro atoms. The molecule has 0 aliphatic rings. The fraction of sp³-hybridized carbons (Fsp3) is 0.0714. The number of allylic oxidation sites excluding steroid dienone is 2. The lowest BCUT2D eigenvalue weighted by Gasteiger charge is -2.04. The van der Waals surface area contributed by atoms with Gasteiger partial charge >= 0.3 is 0 Å². The molecule has 0 unspecified atom stereocenters. The van der Waals surface area contributed by atoms with Gasteiger partial charge in [-0.3, -0.25) is 0 Å². The zero-order valence-corrected chi connectivity index (χ0v) is 9.84. The van der Waals surface area contributed by atoms with Crippen molar-refractivity contribution < 1.29 is 14.6 Å². The Morgan fingerprint density at radius 1 is 1.39 bits per heavy atom. The quantitative estimate of drug-likeness (QED) is 0.501. The number of carbonyl (C=O) groups excluding carboxylic acids is 1. The third-order valence-electron chi connectivity index (χ3n) is 2.50. The lowest BCUT2D eigenvalue weighted by molar-refractivity contribution is -0.302. The molecule has 4 nitrogen and oxygen atoms in total. The summed E-state index contributed by atoms with van der Waals surface area (Å²) in [5.74, 6) is -1.54. The van der Waals surface area contributed by atoms with Gasteiger partial charge in [0.15, 0.2) is 0 Å². The summed E-state index contributed by atoms with van der Waals surface area (Å²) >= 11 is 0. The Labute approximate surface area is 104 Å². The molecule has 1 heterocycles.